The van der Waals surface area contributed by atoms with Gasteiger partial charge in [-0.05, 0) is 47.9 Å². The second-order valence-corrected chi connectivity index (χ2v) is 8.58. The fourth-order valence-electron chi connectivity index (χ4n) is 3.78. The summed E-state index contributed by atoms with van der Waals surface area (Å²) in [4.78, 5) is 17.5. The molecule has 4 rings (SSSR count). The van der Waals surface area contributed by atoms with Gasteiger partial charge in [-0.1, -0.05) is 36.4 Å². The normalized spacial score (nSPS) is 14.8. The van der Waals surface area contributed by atoms with Crippen LogP contribution in [0, 0.1) is 6.92 Å². The van der Waals surface area contributed by atoms with Crippen molar-refractivity contribution in [1.29, 1.82) is 0 Å². The zero-order chi connectivity index (χ0) is 20.2. The van der Waals surface area contributed by atoms with Crippen molar-refractivity contribution < 1.29 is 9.53 Å². The van der Waals surface area contributed by atoms with E-state index in [1.165, 1.54) is 27.9 Å². The molecule has 1 aliphatic heterocycles. The van der Waals surface area contributed by atoms with E-state index in [1.54, 1.807) is 0 Å². The van der Waals surface area contributed by atoms with E-state index >= 15 is 0 Å². The van der Waals surface area contributed by atoms with Crippen molar-refractivity contribution in [2.75, 3.05) is 31.1 Å². The van der Waals surface area contributed by atoms with Crippen molar-refractivity contribution in [2.24, 2.45) is 0 Å². The molecule has 1 saturated heterocycles. The molecule has 0 radical (unpaired) electrons. The Bertz CT molecular complexity index is 976. The van der Waals surface area contributed by atoms with E-state index in [0.29, 0.717) is 5.75 Å². The van der Waals surface area contributed by atoms with Crippen LogP contribution in [0.2, 0.25) is 0 Å². The number of thiophene rings is 1. The third-order valence-corrected chi connectivity index (χ3v) is 6.31. The number of anilines is 1. The lowest BCUT2D eigenvalue weighted by Gasteiger charge is -2.35. The lowest BCUT2D eigenvalue weighted by atomic mass is 10.1. The average molecular weight is 407 g/mol. The van der Waals surface area contributed by atoms with Gasteiger partial charge in [-0.25, -0.2) is 0 Å². The van der Waals surface area contributed by atoms with E-state index < -0.39 is 0 Å². The van der Waals surface area contributed by atoms with Crippen LogP contribution in [0.25, 0.3) is 10.4 Å². The van der Waals surface area contributed by atoms with Crippen molar-refractivity contribution in [3.63, 3.8) is 0 Å². The number of ether oxygens (including phenoxy) is 1. The smallest absolute Gasteiger partial charge is 0.308 e. The van der Waals surface area contributed by atoms with E-state index in [0.717, 1.165) is 38.3 Å². The standard InChI is InChI=1S/C24H26N2O2S/c1-18-14-20(16-22(15-18)28-19(2)27)17-25-10-12-26(13-11-25)24-9-8-23(29-24)21-6-4-3-5-7-21/h3-9,14-16H,10-13,17H2,1-2H3. The van der Waals surface area contributed by atoms with Crippen molar-refractivity contribution >= 4 is 22.3 Å². The number of nitrogens with zero attached hydrogens (tertiary/aromatic N) is 2. The van der Waals surface area contributed by atoms with Crippen LogP contribution in [-0.2, 0) is 11.3 Å². The molecule has 1 aliphatic rings. The van der Waals surface area contributed by atoms with Crippen LogP contribution in [0.3, 0.4) is 0 Å². The van der Waals surface area contributed by atoms with Crippen LogP contribution in [0.5, 0.6) is 5.75 Å². The molecule has 0 N–H and O–H groups in total. The highest BCUT2D eigenvalue weighted by atomic mass is 32.1. The van der Waals surface area contributed by atoms with Gasteiger partial charge in [0.25, 0.3) is 0 Å². The number of hydrogen-bond acceptors (Lipinski definition) is 5. The van der Waals surface area contributed by atoms with Gasteiger partial charge >= 0.3 is 5.97 Å². The maximum Gasteiger partial charge on any atom is 0.308 e. The van der Waals surface area contributed by atoms with Gasteiger partial charge in [0.05, 0.1) is 5.00 Å². The second kappa shape index (κ2) is 8.80. The van der Waals surface area contributed by atoms with Crippen molar-refractivity contribution in [2.45, 2.75) is 20.4 Å². The van der Waals surface area contributed by atoms with E-state index in [4.69, 9.17) is 4.74 Å². The molecular weight excluding hydrogens is 380 g/mol. The van der Waals surface area contributed by atoms with Gasteiger partial charge in [-0.3, -0.25) is 9.69 Å². The number of hydrogen-bond donors (Lipinski definition) is 0. The number of carbonyl (C=O) groups excluding carboxylic acids is 1. The lowest BCUT2D eigenvalue weighted by Crippen LogP contribution is -2.45. The van der Waals surface area contributed by atoms with Crippen LogP contribution in [0.15, 0.2) is 60.7 Å². The molecule has 2 aromatic carbocycles. The summed E-state index contributed by atoms with van der Waals surface area (Å²) >= 11 is 1.87. The largest absolute Gasteiger partial charge is 0.427 e. The highest BCUT2D eigenvalue weighted by molar-refractivity contribution is 7.19. The summed E-state index contributed by atoms with van der Waals surface area (Å²) in [6.45, 7) is 8.45. The molecule has 29 heavy (non-hydrogen) atoms. The van der Waals surface area contributed by atoms with E-state index in [2.05, 4.69) is 58.3 Å². The summed E-state index contributed by atoms with van der Waals surface area (Å²) in [5.41, 5.74) is 3.59. The lowest BCUT2D eigenvalue weighted by molar-refractivity contribution is -0.131. The highest BCUT2D eigenvalue weighted by Gasteiger charge is 2.19. The van der Waals surface area contributed by atoms with Crippen LogP contribution in [0.4, 0.5) is 5.00 Å². The molecule has 0 atom stereocenters. The first kappa shape index (κ1) is 19.7. The predicted molar refractivity (Wildman–Crippen MR) is 120 cm³/mol. The van der Waals surface area contributed by atoms with Gasteiger partial charge < -0.3 is 9.64 Å². The molecule has 2 heterocycles. The van der Waals surface area contributed by atoms with E-state index in [-0.39, 0.29) is 5.97 Å². The summed E-state index contributed by atoms with van der Waals surface area (Å²) < 4.78 is 5.27. The van der Waals surface area contributed by atoms with Gasteiger partial charge in [0, 0.05) is 44.5 Å². The Morgan fingerprint density at radius 2 is 1.76 bits per heavy atom. The maximum absolute atomic E-state index is 11.3. The summed E-state index contributed by atoms with van der Waals surface area (Å²) in [5.74, 6) is 0.360. The monoisotopic (exact) mass is 406 g/mol. The number of benzene rings is 2. The minimum Gasteiger partial charge on any atom is -0.427 e. The molecule has 0 aliphatic carbocycles. The van der Waals surface area contributed by atoms with Crippen molar-refractivity contribution in [3.05, 3.63) is 71.8 Å². The molecule has 5 heteroatoms. The van der Waals surface area contributed by atoms with Crippen molar-refractivity contribution in [3.8, 4) is 16.2 Å². The first-order valence-electron chi connectivity index (χ1n) is 9.98. The first-order valence-corrected chi connectivity index (χ1v) is 10.8. The molecule has 3 aromatic rings. The average Bonchev–Trinajstić information content (AvgIpc) is 3.18. The zero-order valence-electron chi connectivity index (χ0n) is 16.9. The Kier molecular flexibility index (Phi) is 5.97. The molecule has 0 amide bonds. The topological polar surface area (TPSA) is 32.8 Å². The minimum absolute atomic E-state index is 0.277. The van der Waals surface area contributed by atoms with Gasteiger partial charge in [0.1, 0.15) is 5.75 Å². The minimum atomic E-state index is -0.277. The zero-order valence-corrected chi connectivity index (χ0v) is 17.7. The molecule has 150 valence electrons. The maximum atomic E-state index is 11.3. The molecule has 0 saturated carbocycles. The SMILES string of the molecule is CC(=O)Oc1cc(C)cc(CN2CCN(c3ccc(-c4ccccc4)s3)CC2)c1. The highest BCUT2D eigenvalue weighted by Crippen LogP contribution is 2.34. The van der Waals surface area contributed by atoms with Crippen molar-refractivity contribution in [1.82, 2.24) is 4.90 Å². The summed E-state index contributed by atoms with van der Waals surface area (Å²) in [6.07, 6.45) is 0. The van der Waals surface area contributed by atoms with Crippen LogP contribution in [0.1, 0.15) is 18.1 Å². The molecule has 0 bridgehead atoms. The van der Waals surface area contributed by atoms with Gasteiger partial charge in [-0.15, -0.1) is 11.3 Å². The molecule has 1 aromatic heterocycles. The van der Waals surface area contributed by atoms with E-state index in [1.807, 2.05) is 30.4 Å². The fourth-order valence-corrected chi connectivity index (χ4v) is 4.84. The molecule has 1 fully saturated rings. The van der Waals surface area contributed by atoms with E-state index in [9.17, 15) is 4.79 Å². The van der Waals surface area contributed by atoms with Gasteiger partial charge in [0.2, 0.25) is 0 Å². The number of esters is 1. The molecule has 4 nitrogen and oxygen atoms in total. The Hall–Kier alpha value is -2.63. The third kappa shape index (κ3) is 5.05. The molecule has 0 unspecified atom stereocenters. The fraction of sp³-hybridized carbons (Fsp3) is 0.292. The van der Waals surface area contributed by atoms with Crippen LogP contribution in [-0.4, -0.2) is 37.0 Å². The summed E-state index contributed by atoms with van der Waals surface area (Å²) in [7, 11) is 0. The van der Waals surface area contributed by atoms with Gasteiger partial charge in [0.15, 0.2) is 0 Å². The summed E-state index contributed by atoms with van der Waals surface area (Å²) in [6, 6.07) is 21.1. The van der Waals surface area contributed by atoms with Crippen LogP contribution < -0.4 is 9.64 Å². The number of aryl methyl sites for hydroxylation is 1. The number of piperazine rings is 1. The molecule has 0 spiro atoms. The quantitative estimate of drug-likeness (QED) is 0.442. The molecular formula is C24H26N2O2S. The predicted octanol–water partition coefficient (Wildman–Crippen LogP) is 4.97. The number of carbonyl (C=O) groups is 1. The van der Waals surface area contributed by atoms with Gasteiger partial charge in [-0.2, -0.15) is 0 Å². The first-order chi connectivity index (χ1) is 14.1. The third-order valence-electron chi connectivity index (χ3n) is 5.11. The Morgan fingerprint density at radius 3 is 2.48 bits per heavy atom. The number of rotatable bonds is 5. The Balaban J connectivity index is 1.36. The van der Waals surface area contributed by atoms with Crippen LogP contribution >= 0.6 is 11.3 Å². The Labute approximate surface area is 176 Å². The second-order valence-electron chi connectivity index (χ2n) is 7.52. The summed E-state index contributed by atoms with van der Waals surface area (Å²) in [5, 5.41) is 1.34. The Morgan fingerprint density at radius 1 is 1.00 bits per heavy atom.